The quantitative estimate of drug-likeness (QED) is 0.311. The summed E-state index contributed by atoms with van der Waals surface area (Å²) in [5.41, 5.74) is 0.191. The molecule has 0 unspecified atom stereocenters. The molecular formula is C26H44N2O5Si. The fraction of sp³-hybridized carbons (Fsp3) is 0.615. The molecule has 0 radical (unpaired) electrons. The van der Waals surface area contributed by atoms with Gasteiger partial charge in [-0.2, -0.15) is 0 Å². The molecule has 0 saturated heterocycles. The zero-order valence-electron chi connectivity index (χ0n) is 22.1. The van der Waals surface area contributed by atoms with E-state index in [-0.39, 0.29) is 18.1 Å². The van der Waals surface area contributed by atoms with E-state index < -0.39 is 44.1 Å². The van der Waals surface area contributed by atoms with E-state index in [0.717, 1.165) is 5.56 Å². The number of aliphatic hydroxyl groups excluding tert-OH is 1. The minimum atomic E-state index is -2.11. The molecule has 0 aliphatic carbocycles. The van der Waals surface area contributed by atoms with Crippen LogP contribution in [-0.4, -0.2) is 55.8 Å². The summed E-state index contributed by atoms with van der Waals surface area (Å²) in [6.07, 6.45) is 0.638. The number of carbonyl (C=O) groups is 2. The van der Waals surface area contributed by atoms with Crippen LogP contribution in [0.1, 0.15) is 53.5 Å². The standard InChI is InChI=1S/C26H44N2O5Si/c1-10-14-22(29)21(18-32-34(8,9)26(5,6)7)27-23(30)20(17-19-15-12-11-13-16-19)28-24(31)33-25(2,3)4/h10-13,15-16,20-22,29H,1,14,17-18H2,2-9H3,(H,27,30)(H,28,31)/t20-,21-,22-/m0/s1. The Kier molecular flexibility index (Phi) is 11.0. The maximum absolute atomic E-state index is 13.3. The summed E-state index contributed by atoms with van der Waals surface area (Å²) in [5.74, 6) is -0.415. The summed E-state index contributed by atoms with van der Waals surface area (Å²) in [4.78, 5) is 25.8. The second-order valence-electron chi connectivity index (χ2n) is 11.2. The highest BCUT2D eigenvalue weighted by molar-refractivity contribution is 6.74. The predicted molar refractivity (Wildman–Crippen MR) is 139 cm³/mol. The second kappa shape index (κ2) is 12.5. The van der Waals surface area contributed by atoms with Gasteiger partial charge in [0.25, 0.3) is 0 Å². The summed E-state index contributed by atoms with van der Waals surface area (Å²) in [6, 6.07) is 7.88. The number of nitrogens with one attached hydrogen (secondary N) is 2. The number of hydrogen-bond donors (Lipinski definition) is 3. The van der Waals surface area contributed by atoms with Gasteiger partial charge in [-0.15, -0.1) is 6.58 Å². The minimum Gasteiger partial charge on any atom is -0.444 e. The zero-order valence-corrected chi connectivity index (χ0v) is 23.1. The van der Waals surface area contributed by atoms with Gasteiger partial charge in [0.1, 0.15) is 11.6 Å². The number of benzene rings is 1. The Morgan fingerprint density at radius 3 is 2.18 bits per heavy atom. The Labute approximate surface area is 206 Å². The number of aliphatic hydroxyl groups is 1. The molecule has 0 fully saturated rings. The molecule has 1 rings (SSSR count). The Bertz CT molecular complexity index is 800. The third kappa shape index (κ3) is 10.4. The lowest BCUT2D eigenvalue weighted by atomic mass is 10.0. The lowest BCUT2D eigenvalue weighted by Crippen LogP contribution is -2.56. The van der Waals surface area contributed by atoms with Crippen molar-refractivity contribution in [1.29, 1.82) is 0 Å². The first kappa shape index (κ1) is 29.9. The first-order valence-corrected chi connectivity index (χ1v) is 14.7. The van der Waals surface area contributed by atoms with Crippen LogP contribution in [0.2, 0.25) is 18.1 Å². The molecule has 192 valence electrons. The minimum absolute atomic E-state index is 0.0148. The van der Waals surface area contributed by atoms with Crippen LogP contribution in [0.3, 0.4) is 0 Å². The molecule has 2 amide bonds. The van der Waals surface area contributed by atoms with Crippen molar-refractivity contribution in [3.8, 4) is 0 Å². The highest BCUT2D eigenvalue weighted by Crippen LogP contribution is 2.36. The van der Waals surface area contributed by atoms with Crippen LogP contribution >= 0.6 is 0 Å². The third-order valence-corrected chi connectivity index (χ3v) is 10.4. The molecule has 3 N–H and O–H groups in total. The first-order valence-electron chi connectivity index (χ1n) is 11.8. The predicted octanol–water partition coefficient (Wildman–Crippen LogP) is 4.57. The average Bonchev–Trinajstić information content (AvgIpc) is 2.69. The van der Waals surface area contributed by atoms with E-state index >= 15 is 0 Å². The molecule has 8 heteroatoms. The maximum Gasteiger partial charge on any atom is 0.408 e. The topological polar surface area (TPSA) is 96.9 Å². The Morgan fingerprint density at radius 2 is 1.68 bits per heavy atom. The Hall–Kier alpha value is -2.16. The fourth-order valence-electron chi connectivity index (χ4n) is 2.89. The van der Waals surface area contributed by atoms with Crippen molar-refractivity contribution < 1.29 is 23.9 Å². The second-order valence-corrected chi connectivity index (χ2v) is 16.0. The van der Waals surface area contributed by atoms with E-state index in [1.165, 1.54) is 0 Å². The van der Waals surface area contributed by atoms with Crippen molar-refractivity contribution in [2.75, 3.05) is 6.61 Å². The summed E-state index contributed by atoms with van der Waals surface area (Å²) in [5, 5.41) is 16.3. The molecule has 34 heavy (non-hydrogen) atoms. The molecule has 7 nitrogen and oxygen atoms in total. The molecule has 0 heterocycles. The highest BCUT2D eigenvalue weighted by atomic mass is 28.4. The largest absolute Gasteiger partial charge is 0.444 e. The van der Waals surface area contributed by atoms with Gasteiger partial charge in [0, 0.05) is 6.42 Å². The van der Waals surface area contributed by atoms with Gasteiger partial charge in [0.2, 0.25) is 5.91 Å². The van der Waals surface area contributed by atoms with Crippen LogP contribution in [0.4, 0.5) is 4.79 Å². The van der Waals surface area contributed by atoms with E-state index in [4.69, 9.17) is 9.16 Å². The number of amides is 2. The van der Waals surface area contributed by atoms with Crippen LogP contribution in [0.25, 0.3) is 0 Å². The fourth-order valence-corrected chi connectivity index (χ4v) is 3.92. The van der Waals surface area contributed by atoms with Crippen LogP contribution in [0.5, 0.6) is 0 Å². The molecule has 1 aromatic carbocycles. The Morgan fingerprint density at radius 1 is 1.09 bits per heavy atom. The van der Waals surface area contributed by atoms with Crippen molar-refractivity contribution in [3.05, 3.63) is 48.6 Å². The SMILES string of the molecule is C=CC[C@H](O)[C@H](CO[Si](C)(C)C(C)(C)C)NC(=O)[C@H](Cc1ccccc1)NC(=O)OC(C)(C)C. The average molecular weight is 493 g/mol. The van der Waals surface area contributed by atoms with Crippen molar-refractivity contribution in [1.82, 2.24) is 10.6 Å². The van der Waals surface area contributed by atoms with Gasteiger partial charge in [-0.05, 0) is 50.9 Å². The molecule has 1 aromatic rings. The maximum atomic E-state index is 13.3. The summed E-state index contributed by atoms with van der Waals surface area (Å²) in [7, 11) is -2.11. The van der Waals surface area contributed by atoms with E-state index in [9.17, 15) is 14.7 Å². The van der Waals surface area contributed by atoms with E-state index in [0.29, 0.717) is 6.42 Å². The lowest BCUT2D eigenvalue weighted by molar-refractivity contribution is -0.125. The monoisotopic (exact) mass is 492 g/mol. The molecule has 0 aliphatic heterocycles. The van der Waals surface area contributed by atoms with Gasteiger partial charge in [-0.1, -0.05) is 57.2 Å². The van der Waals surface area contributed by atoms with E-state index in [1.54, 1.807) is 26.8 Å². The molecule has 3 atom stereocenters. The van der Waals surface area contributed by atoms with Gasteiger partial charge < -0.3 is 24.9 Å². The molecule has 0 bridgehead atoms. The number of hydrogen-bond acceptors (Lipinski definition) is 5. The van der Waals surface area contributed by atoms with E-state index in [2.05, 4.69) is 51.1 Å². The molecule has 0 aliphatic rings. The first-order chi connectivity index (χ1) is 15.6. The van der Waals surface area contributed by atoms with Crippen LogP contribution in [0, 0.1) is 0 Å². The van der Waals surface area contributed by atoms with Gasteiger partial charge in [-0.3, -0.25) is 4.79 Å². The molecule has 0 saturated carbocycles. The number of alkyl carbamates (subject to hydrolysis) is 1. The number of rotatable bonds is 11. The van der Waals surface area contributed by atoms with Crippen LogP contribution in [-0.2, 0) is 20.4 Å². The summed E-state index contributed by atoms with van der Waals surface area (Å²) >= 11 is 0. The van der Waals surface area contributed by atoms with Gasteiger partial charge >= 0.3 is 6.09 Å². The number of carbonyl (C=O) groups excluding carboxylic acids is 2. The summed E-state index contributed by atoms with van der Waals surface area (Å²) < 4.78 is 11.7. The van der Waals surface area contributed by atoms with Crippen LogP contribution < -0.4 is 10.6 Å². The van der Waals surface area contributed by atoms with Crippen molar-refractivity contribution >= 4 is 20.3 Å². The van der Waals surface area contributed by atoms with E-state index in [1.807, 2.05) is 30.3 Å². The normalized spacial score (nSPS) is 15.1. The van der Waals surface area contributed by atoms with Gasteiger partial charge in [0.15, 0.2) is 8.32 Å². The number of ether oxygens (including phenoxy) is 1. The van der Waals surface area contributed by atoms with Crippen molar-refractivity contribution in [2.45, 2.75) is 96.3 Å². The van der Waals surface area contributed by atoms with Gasteiger partial charge in [0.05, 0.1) is 18.8 Å². The lowest BCUT2D eigenvalue weighted by Gasteiger charge is -2.38. The van der Waals surface area contributed by atoms with Crippen LogP contribution in [0.15, 0.2) is 43.0 Å². The van der Waals surface area contributed by atoms with Crippen molar-refractivity contribution in [2.24, 2.45) is 0 Å². The molecular weight excluding hydrogens is 448 g/mol. The zero-order chi connectivity index (χ0) is 26.2. The highest BCUT2D eigenvalue weighted by Gasteiger charge is 2.38. The third-order valence-electron chi connectivity index (χ3n) is 5.92. The van der Waals surface area contributed by atoms with Crippen molar-refractivity contribution in [3.63, 3.8) is 0 Å². The molecule has 0 spiro atoms. The van der Waals surface area contributed by atoms with Gasteiger partial charge in [-0.25, -0.2) is 4.79 Å². The Balaban J connectivity index is 3.07. The molecule has 0 aromatic heterocycles. The smallest absolute Gasteiger partial charge is 0.408 e. The summed E-state index contributed by atoms with van der Waals surface area (Å²) in [6.45, 7) is 19.8.